The summed E-state index contributed by atoms with van der Waals surface area (Å²) in [5.41, 5.74) is 5.52. The second-order valence-electron chi connectivity index (χ2n) is 4.55. The normalized spacial score (nSPS) is 13.1. The maximum absolute atomic E-state index is 5.65. The molecule has 0 heterocycles. The minimum Gasteiger partial charge on any atom is -0.271 e. The molecule has 16 heavy (non-hydrogen) atoms. The van der Waals surface area contributed by atoms with Crippen molar-refractivity contribution in [3.05, 3.63) is 35.4 Å². The number of hydrogen-bond acceptors (Lipinski definition) is 2. The molecule has 0 aliphatic carbocycles. The van der Waals surface area contributed by atoms with Crippen molar-refractivity contribution in [2.45, 2.75) is 46.1 Å². The van der Waals surface area contributed by atoms with Gasteiger partial charge in [-0.15, -0.1) is 0 Å². The maximum Gasteiger partial charge on any atom is 0.0462 e. The average molecular weight is 220 g/mol. The van der Waals surface area contributed by atoms with Crippen LogP contribution in [0.1, 0.15) is 50.3 Å². The Morgan fingerprint density at radius 3 is 2.12 bits per heavy atom. The monoisotopic (exact) mass is 220 g/mol. The van der Waals surface area contributed by atoms with E-state index in [9.17, 15) is 0 Å². The third-order valence-electron chi connectivity index (χ3n) is 3.40. The summed E-state index contributed by atoms with van der Waals surface area (Å²) in [6, 6.07) is 8.91. The van der Waals surface area contributed by atoms with Crippen LogP contribution in [0.5, 0.6) is 0 Å². The molecule has 0 radical (unpaired) electrons. The fourth-order valence-corrected chi connectivity index (χ4v) is 2.05. The van der Waals surface area contributed by atoms with Crippen LogP contribution in [0.3, 0.4) is 0 Å². The van der Waals surface area contributed by atoms with Crippen molar-refractivity contribution < 1.29 is 0 Å². The first-order chi connectivity index (χ1) is 7.71. The number of nitrogens with two attached hydrogens (primary N) is 1. The van der Waals surface area contributed by atoms with Crippen LogP contribution in [0.25, 0.3) is 0 Å². The third-order valence-corrected chi connectivity index (χ3v) is 3.40. The highest BCUT2D eigenvalue weighted by Crippen LogP contribution is 2.24. The van der Waals surface area contributed by atoms with Crippen molar-refractivity contribution in [3.8, 4) is 0 Å². The fraction of sp³-hybridized carbons (Fsp3) is 0.571. The minimum atomic E-state index is 0.283. The van der Waals surface area contributed by atoms with Gasteiger partial charge in [-0.25, -0.2) is 0 Å². The second kappa shape index (κ2) is 6.66. The Hall–Kier alpha value is -0.860. The van der Waals surface area contributed by atoms with Crippen molar-refractivity contribution in [2.75, 3.05) is 0 Å². The number of benzene rings is 1. The van der Waals surface area contributed by atoms with Crippen LogP contribution in [0.4, 0.5) is 0 Å². The lowest BCUT2D eigenvalue weighted by atomic mass is 9.91. The Balaban J connectivity index is 2.70. The topological polar surface area (TPSA) is 38.0 Å². The lowest BCUT2D eigenvalue weighted by Crippen LogP contribution is -2.29. The van der Waals surface area contributed by atoms with E-state index in [2.05, 4.69) is 50.5 Å². The third kappa shape index (κ3) is 3.62. The molecular formula is C14H24N2. The van der Waals surface area contributed by atoms with Gasteiger partial charge in [0.25, 0.3) is 0 Å². The van der Waals surface area contributed by atoms with Crippen molar-refractivity contribution >= 4 is 0 Å². The highest BCUT2D eigenvalue weighted by molar-refractivity contribution is 5.24. The molecule has 0 spiro atoms. The zero-order valence-corrected chi connectivity index (χ0v) is 10.7. The fourth-order valence-electron chi connectivity index (χ4n) is 2.05. The van der Waals surface area contributed by atoms with Crippen LogP contribution in [0.15, 0.2) is 24.3 Å². The first kappa shape index (κ1) is 13.2. The van der Waals surface area contributed by atoms with Crippen LogP contribution in [-0.2, 0) is 0 Å². The molecule has 1 aromatic carbocycles. The van der Waals surface area contributed by atoms with Crippen LogP contribution in [0.2, 0.25) is 0 Å². The van der Waals surface area contributed by atoms with Crippen LogP contribution < -0.4 is 11.3 Å². The van der Waals surface area contributed by atoms with Gasteiger partial charge in [0.15, 0.2) is 0 Å². The minimum absolute atomic E-state index is 0.283. The molecule has 0 saturated heterocycles. The van der Waals surface area contributed by atoms with E-state index in [1.807, 2.05) is 0 Å². The molecule has 1 rings (SSSR count). The Bertz CT molecular complexity index is 288. The van der Waals surface area contributed by atoms with Gasteiger partial charge in [0.2, 0.25) is 0 Å². The molecule has 0 bridgehead atoms. The van der Waals surface area contributed by atoms with Gasteiger partial charge >= 0.3 is 0 Å². The zero-order valence-electron chi connectivity index (χ0n) is 10.7. The van der Waals surface area contributed by atoms with E-state index in [0.29, 0.717) is 0 Å². The molecule has 0 aliphatic rings. The Morgan fingerprint density at radius 1 is 1.12 bits per heavy atom. The van der Waals surface area contributed by atoms with Gasteiger partial charge in [0, 0.05) is 6.04 Å². The number of hydrogen-bond donors (Lipinski definition) is 2. The lowest BCUT2D eigenvalue weighted by molar-refractivity contribution is 0.375. The number of rotatable bonds is 6. The van der Waals surface area contributed by atoms with Crippen LogP contribution >= 0.6 is 0 Å². The summed E-state index contributed by atoms with van der Waals surface area (Å²) in [5.74, 6) is 6.40. The van der Waals surface area contributed by atoms with Gasteiger partial charge in [-0.2, -0.15) is 0 Å². The second-order valence-corrected chi connectivity index (χ2v) is 4.55. The SMILES string of the molecule is CCC(CC)CC(NN)c1ccc(C)cc1. The van der Waals surface area contributed by atoms with E-state index in [1.165, 1.54) is 24.0 Å². The molecular weight excluding hydrogens is 196 g/mol. The molecule has 1 unspecified atom stereocenters. The standard InChI is InChI=1S/C14H24N2/c1-4-12(5-2)10-14(16-15)13-8-6-11(3)7-9-13/h6-9,12,14,16H,4-5,10,15H2,1-3H3. The Morgan fingerprint density at radius 2 is 1.69 bits per heavy atom. The highest BCUT2D eigenvalue weighted by atomic mass is 15.2. The largest absolute Gasteiger partial charge is 0.271 e. The smallest absolute Gasteiger partial charge is 0.0462 e. The van der Waals surface area contributed by atoms with Crippen LogP contribution in [-0.4, -0.2) is 0 Å². The van der Waals surface area contributed by atoms with E-state index >= 15 is 0 Å². The van der Waals surface area contributed by atoms with Gasteiger partial charge < -0.3 is 0 Å². The Kier molecular flexibility index (Phi) is 5.50. The first-order valence-electron chi connectivity index (χ1n) is 6.23. The molecule has 0 amide bonds. The molecule has 90 valence electrons. The van der Waals surface area contributed by atoms with Crippen molar-refractivity contribution in [1.82, 2.24) is 5.43 Å². The number of aryl methyl sites for hydroxylation is 1. The summed E-state index contributed by atoms with van der Waals surface area (Å²) in [4.78, 5) is 0. The predicted octanol–water partition coefficient (Wildman–Crippen LogP) is 3.33. The van der Waals surface area contributed by atoms with E-state index in [4.69, 9.17) is 5.84 Å². The number of hydrazine groups is 1. The summed E-state index contributed by atoms with van der Waals surface area (Å²) in [7, 11) is 0. The molecule has 0 aromatic heterocycles. The summed E-state index contributed by atoms with van der Waals surface area (Å²) in [5, 5.41) is 0. The van der Waals surface area contributed by atoms with Crippen molar-refractivity contribution in [2.24, 2.45) is 11.8 Å². The molecule has 2 nitrogen and oxygen atoms in total. The average Bonchev–Trinajstić information content (AvgIpc) is 2.32. The predicted molar refractivity (Wildman–Crippen MR) is 69.9 cm³/mol. The van der Waals surface area contributed by atoms with Crippen LogP contribution in [0, 0.1) is 12.8 Å². The molecule has 1 aromatic rings. The van der Waals surface area contributed by atoms with E-state index < -0.39 is 0 Å². The maximum atomic E-state index is 5.65. The molecule has 0 saturated carbocycles. The zero-order chi connectivity index (χ0) is 12.0. The first-order valence-corrected chi connectivity index (χ1v) is 6.23. The highest BCUT2D eigenvalue weighted by Gasteiger charge is 2.14. The summed E-state index contributed by atoms with van der Waals surface area (Å²) in [6.45, 7) is 6.60. The van der Waals surface area contributed by atoms with Crippen molar-refractivity contribution in [1.29, 1.82) is 0 Å². The molecule has 0 fully saturated rings. The van der Waals surface area contributed by atoms with E-state index in [1.54, 1.807) is 0 Å². The molecule has 0 aliphatic heterocycles. The van der Waals surface area contributed by atoms with Gasteiger partial charge in [0.1, 0.15) is 0 Å². The molecule has 1 atom stereocenters. The van der Waals surface area contributed by atoms with Gasteiger partial charge in [-0.1, -0.05) is 56.5 Å². The van der Waals surface area contributed by atoms with Crippen molar-refractivity contribution in [3.63, 3.8) is 0 Å². The van der Waals surface area contributed by atoms with Gasteiger partial charge in [-0.05, 0) is 24.8 Å². The summed E-state index contributed by atoms with van der Waals surface area (Å²) < 4.78 is 0. The van der Waals surface area contributed by atoms with E-state index in [-0.39, 0.29) is 6.04 Å². The summed E-state index contributed by atoms with van der Waals surface area (Å²) in [6.07, 6.45) is 3.56. The quantitative estimate of drug-likeness (QED) is 0.570. The molecule has 3 N–H and O–H groups in total. The lowest BCUT2D eigenvalue weighted by Gasteiger charge is -2.21. The molecule has 2 heteroatoms. The van der Waals surface area contributed by atoms with Gasteiger partial charge in [0.05, 0.1) is 0 Å². The Labute approximate surface area is 99.2 Å². The summed E-state index contributed by atoms with van der Waals surface area (Å²) >= 11 is 0. The number of nitrogens with one attached hydrogen (secondary N) is 1. The van der Waals surface area contributed by atoms with Gasteiger partial charge in [-0.3, -0.25) is 11.3 Å². The van der Waals surface area contributed by atoms with E-state index in [0.717, 1.165) is 12.3 Å².